The molecule has 1 saturated heterocycles. The van der Waals surface area contributed by atoms with Crippen LogP contribution in [0.5, 0.6) is 0 Å². The molecule has 1 unspecified atom stereocenters. The van der Waals surface area contributed by atoms with E-state index in [1.807, 2.05) is 26.0 Å². The zero-order valence-electron chi connectivity index (χ0n) is 10.4. The van der Waals surface area contributed by atoms with Crippen molar-refractivity contribution in [3.05, 3.63) is 29.3 Å². The normalized spacial score (nSPS) is 21.4. The SMILES string of the molecule is Cc1ccc(C)c(S(=O)(=O)C2CCCCN2)c1. The second kappa shape index (κ2) is 4.78. The summed E-state index contributed by atoms with van der Waals surface area (Å²) in [7, 11) is -3.23. The minimum atomic E-state index is -3.23. The van der Waals surface area contributed by atoms with Crippen molar-refractivity contribution >= 4 is 9.84 Å². The van der Waals surface area contributed by atoms with E-state index in [0.29, 0.717) is 4.90 Å². The first-order chi connectivity index (χ1) is 8.01. The lowest BCUT2D eigenvalue weighted by Gasteiger charge is -2.24. The van der Waals surface area contributed by atoms with Gasteiger partial charge in [-0.05, 0) is 56.8 Å². The van der Waals surface area contributed by atoms with Crippen molar-refractivity contribution in [3.63, 3.8) is 0 Å². The Morgan fingerprint density at radius 2 is 2.00 bits per heavy atom. The van der Waals surface area contributed by atoms with Crippen LogP contribution >= 0.6 is 0 Å². The van der Waals surface area contributed by atoms with Gasteiger partial charge in [0, 0.05) is 0 Å². The molecule has 94 valence electrons. The smallest absolute Gasteiger partial charge is 0.194 e. The lowest BCUT2D eigenvalue weighted by Crippen LogP contribution is -2.40. The second-order valence-corrected chi connectivity index (χ2v) is 6.85. The van der Waals surface area contributed by atoms with Gasteiger partial charge in [0.1, 0.15) is 5.37 Å². The largest absolute Gasteiger partial charge is 0.301 e. The summed E-state index contributed by atoms with van der Waals surface area (Å²) in [6.07, 6.45) is 2.77. The second-order valence-electron chi connectivity index (χ2n) is 4.75. The number of benzene rings is 1. The monoisotopic (exact) mass is 253 g/mol. The third-order valence-electron chi connectivity index (χ3n) is 3.29. The fourth-order valence-electron chi connectivity index (χ4n) is 2.25. The van der Waals surface area contributed by atoms with Crippen LogP contribution in [0.15, 0.2) is 23.1 Å². The highest BCUT2D eigenvalue weighted by atomic mass is 32.2. The van der Waals surface area contributed by atoms with E-state index in [2.05, 4.69) is 5.32 Å². The average molecular weight is 253 g/mol. The summed E-state index contributed by atoms with van der Waals surface area (Å²) < 4.78 is 25.0. The Morgan fingerprint density at radius 1 is 1.24 bits per heavy atom. The third-order valence-corrected chi connectivity index (χ3v) is 5.49. The van der Waals surface area contributed by atoms with Crippen LogP contribution in [0.2, 0.25) is 0 Å². The molecule has 0 radical (unpaired) electrons. The molecule has 2 rings (SSSR count). The lowest BCUT2D eigenvalue weighted by atomic mass is 10.2. The van der Waals surface area contributed by atoms with Gasteiger partial charge >= 0.3 is 0 Å². The average Bonchev–Trinajstić information content (AvgIpc) is 2.33. The van der Waals surface area contributed by atoms with Crippen molar-refractivity contribution in [2.45, 2.75) is 43.4 Å². The molecule has 1 aliphatic rings. The lowest BCUT2D eigenvalue weighted by molar-refractivity contribution is 0.461. The standard InChI is InChI=1S/C13H19NO2S/c1-10-6-7-11(2)12(9-10)17(15,16)13-5-3-4-8-14-13/h6-7,9,13-14H,3-5,8H2,1-2H3. The predicted octanol–water partition coefficient (Wildman–Crippen LogP) is 2.18. The maximum atomic E-state index is 12.5. The maximum Gasteiger partial charge on any atom is 0.194 e. The van der Waals surface area contributed by atoms with Crippen LogP contribution in [-0.2, 0) is 9.84 Å². The van der Waals surface area contributed by atoms with Crippen LogP contribution in [-0.4, -0.2) is 20.3 Å². The van der Waals surface area contributed by atoms with E-state index < -0.39 is 15.2 Å². The summed E-state index contributed by atoms with van der Waals surface area (Å²) in [5.41, 5.74) is 1.83. The maximum absolute atomic E-state index is 12.5. The number of nitrogens with one attached hydrogen (secondary N) is 1. The Balaban J connectivity index is 2.40. The van der Waals surface area contributed by atoms with E-state index in [0.717, 1.165) is 36.9 Å². The minimum Gasteiger partial charge on any atom is -0.301 e. The summed E-state index contributed by atoms with van der Waals surface area (Å²) >= 11 is 0. The Morgan fingerprint density at radius 3 is 2.65 bits per heavy atom. The number of hydrogen-bond donors (Lipinski definition) is 1. The topological polar surface area (TPSA) is 46.2 Å². The highest BCUT2D eigenvalue weighted by molar-refractivity contribution is 7.92. The predicted molar refractivity (Wildman–Crippen MR) is 68.7 cm³/mol. The van der Waals surface area contributed by atoms with Crippen LogP contribution < -0.4 is 5.32 Å². The van der Waals surface area contributed by atoms with Gasteiger partial charge in [-0.2, -0.15) is 0 Å². The molecule has 0 aliphatic carbocycles. The first-order valence-electron chi connectivity index (χ1n) is 6.06. The zero-order chi connectivity index (χ0) is 12.5. The summed E-state index contributed by atoms with van der Waals surface area (Å²) in [5.74, 6) is 0. The van der Waals surface area contributed by atoms with Gasteiger partial charge in [0.05, 0.1) is 4.90 Å². The van der Waals surface area contributed by atoms with Crippen LogP contribution in [0.1, 0.15) is 30.4 Å². The molecule has 1 aromatic rings. The molecule has 17 heavy (non-hydrogen) atoms. The van der Waals surface area contributed by atoms with Crippen LogP contribution in [0.4, 0.5) is 0 Å². The van der Waals surface area contributed by atoms with Crippen molar-refractivity contribution in [3.8, 4) is 0 Å². The molecule has 0 saturated carbocycles. The Kier molecular flexibility index (Phi) is 3.54. The van der Waals surface area contributed by atoms with Gasteiger partial charge in [-0.25, -0.2) is 8.42 Å². The molecule has 4 heteroatoms. The van der Waals surface area contributed by atoms with E-state index in [-0.39, 0.29) is 0 Å². The van der Waals surface area contributed by atoms with E-state index in [1.165, 1.54) is 0 Å². The molecule has 1 atom stereocenters. The quantitative estimate of drug-likeness (QED) is 0.878. The molecular weight excluding hydrogens is 234 g/mol. The fourth-order valence-corrected chi connectivity index (χ4v) is 4.24. The van der Waals surface area contributed by atoms with Gasteiger partial charge in [-0.1, -0.05) is 12.1 Å². The van der Waals surface area contributed by atoms with Crippen molar-refractivity contribution < 1.29 is 8.42 Å². The molecule has 1 aliphatic heterocycles. The first kappa shape index (κ1) is 12.6. The molecule has 1 N–H and O–H groups in total. The minimum absolute atomic E-state index is 0.406. The van der Waals surface area contributed by atoms with Gasteiger partial charge in [0.2, 0.25) is 0 Å². The Hall–Kier alpha value is -0.870. The number of aryl methyl sites for hydroxylation is 2. The third kappa shape index (κ3) is 2.53. The highest BCUT2D eigenvalue weighted by Gasteiger charge is 2.29. The number of sulfone groups is 1. The first-order valence-corrected chi connectivity index (χ1v) is 7.61. The fraction of sp³-hybridized carbons (Fsp3) is 0.538. The molecule has 0 amide bonds. The van der Waals surface area contributed by atoms with Crippen molar-refractivity contribution in [1.29, 1.82) is 0 Å². The molecule has 1 aromatic carbocycles. The Labute approximate surface area is 103 Å². The molecule has 1 heterocycles. The zero-order valence-corrected chi connectivity index (χ0v) is 11.2. The summed E-state index contributed by atoms with van der Waals surface area (Å²) in [4.78, 5) is 0.483. The van der Waals surface area contributed by atoms with Crippen molar-refractivity contribution in [2.75, 3.05) is 6.54 Å². The highest BCUT2D eigenvalue weighted by Crippen LogP contribution is 2.24. The molecule has 0 bridgehead atoms. The van der Waals surface area contributed by atoms with Gasteiger partial charge in [0.25, 0.3) is 0 Å². The molecular formula is C13H19NO2S. The van der Waals surface area contributed by atoms with Gasteiger partial charge in [-0.3, -0.25) is 0 Å². The van der Waals surface area contributed by atoms with E-state index in [9.17, 15) is 8.42 Å². The van der Waals surface area contributed by atoms with E-state index in [1.54, 1.807) is 6.07 Å². The molecule has 0 spiro atoms. The number of hydrogen-bond acceptors (Lipinski definition) is 3. The Bertz CT molecular complexity index is 502. The van der Waals surface area contributed by atoms with Crippen molar-refractivity contribution in [1.82, 2.24) is 5.32 Å². The van der Waals surface area contributed by atoms with E-state index in [4.69, 9.17) is 0 Å². The summed E-state index contributed by atoms with van der Waals surface area (Å²) in [5, 5.41) is 2.71. The van der Waals surface area contributed by atoms with E-state index >= 15 is 0 Å². The molecule has 3 nitrogen and oxygen atoms in total. The summed E-state index contributed by atoms with van der Waals surface area (Å²) in [6.45, 7) is 4.58. The van der Waals surface area contributed by atoms with Crippen LogP contribution in [0.3, 0.4) is 0 Å². The molecule has 0 aromatic heterocycles. The van der Waals surface area contributed by atoms with Crippen LogP contribution in [0.25, 0.3) is 0 Å². The summed E-state index contributed by atoms with van der Waals surface area (Å²) in [6, 6.07) is 5.61. The molecule has 1 fully saturated rings. The number of rotatable bonds is 2. The van der Waals surface area contributed by atoms with Crippen LogP contribution in [0, 0.1) is 13.8 Å². The van der Waals surface area contributed by atoms with Gasteiger partial charge in [0.15, 0.2) is 9.84 Å². The number of piperidine rings is 1. The van der Waals surface area contributed by atoms with Gasteiger partial charge < -0.3 is 5.32 Å². The van der Waals surface area contributed by atoms with Gasteiger partial charge in [-0.15, -0.1) is 0 Å². The van der Waals surface area contributed by atoms with Crippen molar-refractivity contribution in [2.24, 2.45) is 0 Å².